The molecule has 4 heteroatoms. The number of rotatable bonds is 9. The molecule has 0 saturated heterocycles. The van der Waals surface area contributed by atoms with Gasteiger partial charge in [-0.1, -0.05) is 13.3 Å². The van der Waals surface area contributed by atoms with E-state index in [-0.39, 0.29) is 0 Å². The summed E-state index contributed by atoms with van der Waals surface area (Å²) in [6.45, 7) is 7.82. The average molecular weight is 239 g/mol. The van der Waals surface area contributed by atoms with Gasteiger partial charge in [-0.3, -0.25) is 0 Å². The predicted molar refractivity (Wildman–Crippen MR) is 64.4 cm³/mol. The van der Waals surface area contributed by atoms with Gasteiger partial charge in [-0.15, -0.1) is 11.6 Å². The zero-order chi connectivity index (χ0) is 10.8. The SMILES string of the molecule is CCO[SiH](OCC)C(CC)CCCCl. The minimum Gasteiger partial charge on any atom is -0.397 e. The Balaban J connectivity index is 3.96. The Hall–Kier alpha value is 0.427. The molecule has 0 saturated carbocycles. The molecule has 0 heterocycles. The Morgan fingerprint density at radius 1 is 1.14 bits per heavy atom. The third-order valence-corrected chi connectivity index (χ3v) is 5.45. The van der Waals surface area contributed by atoms with E-state index in [9.17, 15) is 0 Å². The van der Waals surface area contributed by atoms with Crippen LogP contribution in [0.5, 0.6) is 0 Å². The molecule has 0 bridgehead atoms. The highest BCUT2D eigenvalue weighted by molar-refractivity contribution is 6.46. The molecule has 0 rings (SSSR count). The van der Waals surface area contributed by atoms with Crippen molar-refractivity contribution in [1.82, 2.24) is 0 Å². The second-order valence-corrected chi connectivity index (χ2v) is 6.00. The van der Waals surface area contributed by atoms with Crippen molar-refractivity contribution in [2.75, 3.05) is 19.1 Å². The van der Waals surface area contributed by atoms with E-state index in [0.717, 1.165) is 38.4 Å². The molecule has 0 aromatic rings. The summed E-state index contributed by atoms with van der Waals surface area (Å²) in [7, 11) is -1.44. The quantitative estimate of drug-likeness (QED) is 0.454. The number of hydrogen-bond acceptors (Lipinski definition) is 2. The summed E-state index contributed by atoms with van der Waals surface area (Å²) < 4.78 is 11.4. The monoisotopic (exact) mass is 238 g/mol. The van der Waals surface area contributed by atoms with Crippen molar-refractivity contribution in [2.24, 2.45) is 0 Å². The molecule has 1 unspecified atom stereocenters. The number of alkyl halides is 1. The normalized spacial score (nSPS) is 13.5. The maximum Gasteiger partial charge on any atom is 0.324 e. The Labute approximate surface area is 94.8 Å². The molecule has 14 heavy (non-hydrogen) atoms. The molecular formula is C10H23ClO2Si. The van der Waals surface area contributed by atoms with Gasteiger partial charge in [-0.05, 0) is 32.2 Å². The van der Waals surface area contributed by atoms with Crippen molar-refractivity contribution in [3.63, 3.8) is 0 Å². The highest BCUT2D eigenvalue weighted by Crippen LogP contribution is 2.23. The predicted octanol–water partition coefficient (Wildman–Crippen LogP) is 3.08. The van der Waals surface area contributed by atoms with E-state index in [1.54, 1.807) is 0 Å². The van der Waals surface area contributed by atoms with Gasteiger partial charge in [0.2, 0.25) is 0 Å². The van der Waals surface area contributed by atoms with Crippen LogP contribution in [-0.2, 0) is 8.85 Å². The highest BCUT2D eigenvalue weighted by Gasteiger charge is 2.23. The summed E-state index contributed by atoms with van der Waals surface area (Å²) in [4.78, 5) is 0. The van der Waals surface area contributed by atoms with Gasteiger partial charge in [0.05, 0.1) is 0 Å². The minimum atomic E-state index is -1.44. The second-order valence-electron chi connectivity index (χ2n) is 3.28. The van der Waals surface area contributed by atoms with E-state index >= 15 is 0 Å². The summed E-state index contributed by atoms with van der Waals surface area (Å²) in [5.41, 5.74) is 0.619. The van der Waals surface area contributed by atoms with E-state index in [1.165, 1.54) is 0 Å². The van der Waals surface area contributed by atoms with Crippen LogP contribution in [0.3, 0.4) is 0 Å². The zero-order valence-corrected chi connectivity index (χ0v) is 11.5. The van der Waals surface area contributed by atoms with Crippen molar-refractivity contribution in [1.29, 1.82) is 0 Å². The summed E-state index contributed by atoms with van der Waals surface area (Å²) in [6.07, 6.45) is 3.37. The van der Waals surface area contributed by atoms with E-state index in [4.69, 9.17) is 20.5 Å². The van der Waals surface area contributed by atoms with Crippen molar-refractivity contribution in [3.8, 4) is 0 Å². The van der Waals surface area contributed by atoms with Crippen LogP contribution in [-0.4, -0.2) is 28.4 Å². The molecule has 0 aliphatic heterocycles. The summed E-state index contributed by atoms with van der Waals surface area (Å²) >= 11 is 5.70. The molecule has 1 atom stereocenters. The maximum absolute atomic E-state index is 5.71. The molecule has 0 N–H and O–H groups in total. The van der Waals surface area contributed by atoms with Gasteiger partial charge in [0, 0.05) is 19.1 Å². The van der Waals surface area contributed by atoms with Gasteiger partial charge >= 0.3 is 9.28 Å². The van der Waals surface area contributed by atoms with Crippen LogP contribution in [0.1, 0.15) is 40.0 Å². The average Bonchev–Trinajstić information content (AvgIpc) is 2.19. The van der Waals surface area contributed by atoms with Gasteiger partial charge in [-0.2, -0.15) is 0 Å². The Kier molecular flexibility index (Phi) is 10.3. The topological polar surface area (TPSA) is 18.5 Å². The molecule has 0 aliphatic rings. The van der Waals surface area contributed by atoms with Crippen molar-refractivity contribution < 1.29 is 8.85 Å². The highest BCUT2D eigenvalue weighted by atomic mass is 35.5. The van der Waals surface area contributed by atoms with Gasteiger partial charge in [0.15, 0.2) is 0 Å². The smallest absolute Gasteiger partial charge is 0.324 e. The largest absolute Gasteiger partial charge is 0.397 e. The molecular weight excluding hydrogens is 216 g/mol. The van der Waals surface area contributed by atoms with Crippen molar-refractivity contribution in [2.45, 2.75) is 45.6 Å². The zero-order valence-electron chi connectivity index (χ0n) is 9.59. The third kappa shape index (κ3) is 6.01. The van der Waals surface area contributed by atoms with Crippen LogP contribution in [0.15, 0.2) is 0 Å². The standard InChI is InChI=1S/C10H23ClO2Si/c1-4-10(8-7-9-11)14(12-5-2)13-6-3/h10,14H,4-9H2,1-3H3. The lowest BCUT2D eigenvalue weighted by Crippen LogP contribution is -2.29. The van der Waals surface area contributed by atoms with E-state index in [2.05, 4.69) is 6.92 Å². The molecule has 0 aromatic carbocycles. The first-order chi connectivity index (χ1) is 6.79. The first kappa shape index (κ1) is 14.4. The Morgan fingerprint density at radius 2 is 1.71 bits per heavy atom. The van der Waals surface area contributed by atoms with E-state index in [1.807, 2.05) is 13.8 Å². The van der Waals surface area contributed by atoms with Gasteiger partial charge in [-0.25, -0.2) is 0 Å². The molecule has 0 spiro atoms. The summed E-state index contributed by atoms with van der Waals surface area (Å²) in [5.74, 6) is 0.746. The fraction of sp³-hybridized carbons (Fsp3) is 1.00. The Morgan fingerprint density at radius 3 is 2.07 bits per heavy atom. The molecule has 0 aliphatic carbocycles. The molecule has 0 amide bonds. The lowest BCUT2D eigenvalue weighted by Gasteiger charge is -2.23. The van der Waals surface area contributed by atoms with Gasteiger partial charge in [0.25, 0.3) is 0 Å². The third-order valence-electron chi connectivity index (χ3n) is 2.28. The van der Waals surface area contributed by atoms with Crippen LogP contribution < -0.4 is 0 Å². The minimum absolute atomic E-state index is 0.619. The van der Waals surface area contributed by atoms with Crippen molar-refractivity contribution in [3.05, 3.63) is 0 Å². The molecule has 86 valence electrons. The van der Waals surface area contributed by atoms with Crippen LogP contribution >= 0.6 is 11.6 Å². The first-order valence-corrected chi connectivity index (χ1v) is 7.73. The van der Waals surface area contributed by atoms with Crippen LogP contribution in [0.4, 0.5) is 0 Å². The molecule has 2 nitrogen and oxygen atoms in total. The summed E-state index contributed by atoms with van der Waals surface area (Å²) in [5, 5.41) is 0. The van der Waals surface area contributed by atoms with Crippen LogP contribution in [0, 0.1) is 0 Å². The van der Waals surface area contributed by atoms with Crippen LogP contribution in [0.2, 0.25) is 5.54 Å². The number of halogens is 1. The van der Waals surface area contributed by atoms with Gasteiger partial charge in [0.1, 0.15) is 0 Å². The van der Waals surface area contributed by atoms with Crippen LogP contribution in [0.25, 0.3) is 0 Å². The maximum atomic E-state index is 5.71. The Bertz CT molecular complexity index is 119. The molecule has 0 radical (unpaired) electrons. The van der Waals surface area contributed by atoms with Crippen molar-refractivity contribution >= 4 is 20.9 Å². The van der Waals surface area contributed by atoms with E-state index < -0.39 is 9.28 Å². The van der Waals surface area contributed by atoms with E-state index in [0.29, 0.717) is 5.54 Å². The lowest BCUT2D eigenvalue weighted by molar-refractivity contribution is 0.201. The van der Waals surface area contributed by atoms with Gasteiger partial charge < -0.3 is 8.85 Å². The number of hydrogen-bond donors (Lipinski definition) is 0. The fourth-order valence-corrected chi connectivity index (χ4v) is 3.87. The molecule has 0 fully saturated rings. The first-order valence-electron chi connectivity index (χ1n) is 5.59. The molecule has 0 aromatic heterocycles. The fourth-order valence-electron chi connectivity index (χ4n) is 1.52. The lowest BCUT2D eigenvalue weighted by atomic mass is 10.2. The second kappa shape index (κ2) is 9.96. The summed E-state index contributed by atoms with van der Waals surface area (Å²) in [6, 6.07) is 0.